The van der Waals surface area contributed by atoms with Crippen molar-refractivity contribution in [3.05, 3.63) is 106 Å². The van der Waals surface area contributed by atoms with Crippen LogP contribution in [0.3, 0.4) is 0 Å². The zero-order valence-electron chi connectivity index (χ0n) is 35.3. The Balaban J connectivity index is 0.000000428. The molecule has 0 spiro atoms. The van der Waals surface area contributed by atoms with Gasteiger partial charge in [-0.05, 0) is 118 Å². The number of nitrogens with two attached hydrogens (primary N) is 1. The summed E-state index contributed by atoms with van der Waals surface area (Å²) < 4.78 is 61.7. The molecule has 61 heavy (non-hydrogen) atoms. The third-order valence-corrected chi connectivity index (χ3v) is 10.2. The molecule has 2 amide bonds. The summed E-state index contributed by atoms with van der Waals surface area (Å²) in [7, 11) is 3.50. The predicted molar refractivity (Wildman–Crippen MR) is 252 cm³/mol. The van der Waals surface area contributed by atoms with E-state index in [9.17, 15) is 27.2 Å². The molecule has 2 saturated heterocycles. The number of nitrogens with zero attached hydrogens (tertiary/aromatic N) is 4. The lowest BCUT2D eigenvalue weighted by molar-refractivity contribution is -0.147. The molecule has 0 aromatic heterocycles. The van der Waals surface area contributed by atoms with Crippen LogP contribution in [0.1, 0.15) is 36.0 Å². The highest BCUT2D eigenvalue weighted by Gasteiger charge is 2.37. The van der Waals surface area contributed by atoms with Gasteiger partial charge in [0.15, 0.2) is 0 Å². The number of hydrogen-bond acceptors (Lipinski definition) is 8. The summed E-state index contributed by atoms with van der Waals surface area (Å²) in [6.07, 6.45) is -7.26. The molecule has 17 heteroatoms. The second kappa shape index (κ2) is 25.3. The number of nitrogen functional groups attached to an aromatic ring is 1. The van der Waals surface area contributed by atoms with Crippen LogP contribution in [0.2, 0.25) is 6.82 Å². The highest BCUT2D eigenvalue weighted by molar-refractivity contribution is 9.10. The van der Waals surface area contributed by atoms with Gasteiger partial charge in [-0.3, -0.25) is 9.18 Å². The molecule has 0 bridgehead atoms. The van der Waals surface area contributed by atoms with Crippen LogP contribution < -0.4 is 36.0 Å². The van der Waals surface area contributed by atoms with Gasteiger partial charge in [-0.1, -0.05) is 46.1 Å². The number of alkyl halides is 4. The Morgan fingerprint density at radius 1 is 0.705 bits per heavy atom. The molecule has 1 unspecified atom stereocenters. The number of carbonyl (C=O) groups excluding carboxylic acids is 2. The summed E-state index contributed by atoms with van der Waals surface area (Å²) >= 11 is 6.92. The van der Waals surface area contributed by atoms with E-state index in [2.05, 4.69) is 113 Å². The first-order chi connectivity index (χ1) is 28.9. The fourth-order valence-electron chi connectivity index (χ4n) is 6.31. The second-order valence-electron chi connectivity index (χ2n) is 14.5. The SMILES string of the molecule is C.CC(C)(C)OC(=O)NC(CC(F)(F)F)C(=O)Nc1ccc(N2CCN(c3ccc(Br)cc3)CC2)cc1.Nc1ccc(N2CCN(c3ccc(Br)cc3)CC2)cc1.[2H]CF.[B]C. The first-order valence-electron chi connectivity index (χ1n) is 19.9. The molecule has 4 aromatic carbocycles. The number of rotatable bonds is 8. The molecule has 2 fully saturated rings. The van der Waals surface area contributed by atoms with Gasteiger partial charge < -0.3 is 40.7 Å². The van der Waals surface area contributed by atoms with Crippen molar-refractivity contribution in [2.75, 3.05) is 90.2 Å². The quantitative estimate of drug-likeness (QED) is 0.0911. The lowest BCUT2D eigenvalue weighted by Gasteiger charge is -2.37. The zero-order valence-corrected chi connectivity index (χ0v) is 37.5. The standard InChI is InChI=1S/C25H30BrF3N4O3.C16H18BrN3.CH3B.CH3F.CH4/c1-24(2,3)36-23(35)31-21(16-25(27,28)29)22(34)30-18-6-10-20(11-7-18)33-14-12-32(13-15-33)19-8-4-17(26)5-9-19;17-13-1-5-15(6-2-13)19-9-11-20(12-10-19)16-7-3-14(18)4-8-16;2*1-2;/h4-11,21H,12-16H2,1-3H3,(H,30,34)(H,31,35);1-8H,9-12,18H2;2*1H3;1H4/i;;;1D;. The minimum Gasteiger partial charge on any atom is -0.444 e. The van der Waals surface area contributed by atoms with Gasteiger partial charge in [0.05, 0.1) is 22.8 Å². The second-order valence-corrected chi connectivity index (χ2v) is 16.4. The van der Waals surface area contributed by atoms with Gasteiger partial charge in [-0.15, -0.1) is 0 Å². The van der Waals surface area contributed by atoms with E-state index < -0.39 is 43.4 Å². The number of piperazine rings is 2. The molecule has 0 saturated carbocycles. The van der Waals surface area contributed by atoms with Crippen LogP contribution in [-0.2, 0) is 9.53 Å². The maximum absolute atomic E-state index is 13.0. The number of amides is 2. The molecule has 2 aliphatic rings. The van der Waals surface area contributed by atoms with Gasteiger partial charge in [0.25, 0.3) is 0 Å². The number of anilines is 6. The van der Waals surface area contributed by atoms with Gasteiger partial charge in [0, 0.05) is 95.4 Å². The Hall–Kier alpha value is -4.64. The third kappa shape index (κ3) is 18.1. The Kier molecular flexibility index (Phi) is 21.1. The summed E-state index contributed by atoms with van der Waals surface area (Å²) in [4.78, 5) is 33.9. The van der Waals surface area contributed by atoms with E-state index in [0.29, 0.717) is 5.69 Å². The first kappa shape index (κ1) is 50.7. The number of alkyl carbamates (subject to hydrolysis) is 1. The number of hydrogen-bond donors (Lipinski definition) is 3. The lowest BCUT2D eigenvalue weighted by atomic mass is 10.1. The molecule has 4 N–H and O–H groups in total. The largest absolute Gasteiger partial charge is 0.444 e. The zero-order chi connectivity index (χ0) is 45.2. The summed E-state index contributed by atoms with van der Waals surface area (Å²) in [5.41, 5.74) is 10.6. The fourth-order valence-corrected chi connectivity index (χ4v) is 6.84. The fraction of sp³-hybridized carbons (Fsp3) is 0.409. The Morgan fingerprint density at radius 2 is 1.02 bits per heavy atom. The van der Waals surface area contributed by atoms with Crippen LogP contribution in [0, 0.1) is 0 Å². The molecule has 6 rings (SSSR count). The first-order valence-corrected chi connectivity index (χ1v) is 20.8. The Morgan fingerprint density at radius 3 is 1.33 bits per heavy atom. The van der Waals surface area contributed by atoms with Gasteiger partial charge in [-0.2, -0.15) is 13.2 Å². The van der Waals surface area contributed by atoms with Crippen molar-refractivity contribution in [2.45, 2.75) is 59.3 Å². The average molecular weight is 981 g/mol. The van der Waals surface area contributed by atoms with Gasteiger partial charge >= 0.3 is 12.3 Å². The van der Waals surface area contributed by atoms with Gasteiger partial charge in [-0.25, -0.2) is 4.79 Å². The van der Waals surface area contributed by atoms with Crippen molar-refractivity contribution in [2.24, 2.45) is 0 Å². The van der Waals surface area contributed by atoms with Gasteiger partial charge in [0.2, 0.25) is 5.91 Å². The van der Waals surface area contributed by atoms with Crippen LogP contribution in [-0.4, -0.2) is 97.2 Å². The topological polar surface area (TPSA) is 106 Å². The van der Waals surface area contributed by atoms with Crippen molar-refractivity contribution in [3.63, 3.8) is 0 Å². The van der Waals surface area contributed by atoms with Crippen molar-refractivity contribution >= 4 is 85.8 Å². The molecule has 332 valence electrons. The maximum atomic E-state index is 13.0. The average Bonchev–Trinajstić information content (AvgIpc) is 3.22. The summed E-state index contributed by atoms with van der Waals surface area (Å²) in [6.45, 7) is 13.7. The summed E-state index contributed by atoms with van der Waals surface area (Å²) in [6, 6.07) is 29.9. The van der Waals surface area contributed by atoms with Crippen molar-refractivity contribution in [3.8, 4) is 0 Å². The number of benzene rings is 4. The van der Waals surface area contributed by atoms with E-state index in [4.69, 9.17) is 11.8 Å². The Labute approximate surface area is 378 Å². The maximum Gasteiger partial charge on any atom is 0.408 e. The van der Waals surface area contributed by atoms with E-state index in [0.717, 1.165) is 78.4 Å². The third-order valence-electron chi connectivity index (χ3n) is 9.14. The number of nitrogens with one attached hydrogen (secondary N) is 2. The molecular formula is C44H58BBr2F4N7O3. The van der Waals surface area contributed by atoms with Crippen LogP contribution >= 0.6 is 31.9 Å². The van der Waals surface area contributed by atoms with E-state index >= 15 is 0 Å². The van der Waals surface area contributed by atoms with Crippen molar-refractivity contribution < 1.29 is 33.3 Å². The molecular weight excluding hydrogens is 921 g/mol. The Bertz CT molecular complexity index is 1840. The van der Waals surface area contributed by atoms with E-state index in [1.54, 1.807) is 32.9 Å². The van der Waals surface area contributed by atoms with E-state index in [1.807, 2.05) is 41.7 Å². The van der Waals surface area contributed by atoms with Crippen LogP contribution in [0.5, 0.6) is 0 Å². The number of carbonyl (C=O) groups is 2. The molecule has 10 nitrogen and oxygen atoms in total. The van der Waals surface area contributed by atoms with Crippen LogP contribution in [0.25, 0.3) is 0 Å². The normalized spacial score (nSPS) is 14.5. The predicted octanol–water partition coefficient (Wildman–Crippen LogP) is 10.3. The highest BCUT2D eigenvalue weighted by atomic mass is 79.9. The van der Waals surface area contributed by atoms with E-state index in [-0.39, 0.29) is 7.43 Å². The molecule has 2 radical (unpaired) electrons. The van der Waals surface area contributed by atoms with Gasteiger partial charge in [0.1, 0.15) is 11.6 Å². The minimum atomic E-state index is -4.65. The smallest absolute Gasteiger partial charge is 0.408 e. The summed E-state index contributed by atoms with van der Waals surface area (Å²) in [5, 5.41) is 4.48. The monoisotopic (exact) mass is 978 g/mol. The lowest BCUT2D eigenvalue weighted by Crippen LogP contribution is -2.47. The van der Waals surface area contributed by atoms with Crippen LogP contribution in [0.15, 0.2) is 106 Å². The van der Waals surface area contributed by atoms with E-state index in [1.165, 1.54) is 18.2 Å². The molecule has 4 aromatic rings. The molecule has 1 atom stereocenters. The molecule has 2 aliphatic heterocycles. The summed E-state index contributed by atoms with van der Waals surface area (Å²) in [5.74, 6) is -0.978. The van der Waals surface area contributed by atoms with Crippen molar-refractivity contribution in [1.82, 2.24) is 5.32 Å². The molecule has 2 heterocycles. The highest BCUT2D eigenvalue weighted by Crippen LogP contribution is 2.26. The number of halogens is 6. The minimum absolute atomic E-state index is 0. The molecule has 0 aliphatic carbocycles. The van der Waals surface area contributed by atoms with Crippen LogP contribution in [0.4, 0.5) is 56.5 Å². The van der Waals surface area contributed by atoms with Crippen molar-refractivity contribution in [1.29, 1.82) is 0 Å². The number of ether oxygens (including phenoxy) is 1.